The predicted octanol–water partition coefficient (Wildman–Crippen LogP) is 5.31. The van der Waals surface area contributed by atoms with E-state index in [0.717, 1.165) is 29.9 Å². The molecule has 4 aromatic carbocycles. The fourth-order valence-corrected chi connectivity index (χ4v) is 11.9. The van der Waals surface area contributed by atoms with E-state index in [9.17, 15) is 49.2 Å². The molecule has 0 spiro atoms. The fraction of sp³-hybridized carbons (Fsp3) is 0.364. The van der Waals surface area contributed by atoms with Crippen molar-refractivity contribution in [1.82, 2.24) is 24.7 Å². The standard InChI is InChI=1S/C44H44F4N6O8S3/c45-40-28(11-15-34-35(40)25-54(43(34)58)37-17-18-39(55)50-42(37)57)22-53-30-12-13-31(53)24-52(23-30)20-19-29(26-63-32-9-5-2-6-10-32)49-36-16-14-33(21-38(36)64(59,60)44(46,47)48)65(61,62)51-41(56)27-7-3-1-4-8-27/h1-11,14-16,21,29-31,37,49H,12-13,17-20,22-26H2,(H,51,56)(H,50,55,57)/t29-,30?,31?,37?/m1/s1. The summed E-state index contributed by atoms with van der Waals surface area (Å²) in [4.78, 5) is 54.6. The van der Waals surface area contributed by atoms with Crippen LogP contribution in [0.1, 0.15) is 63.9 Å². The van der Waals surface area contributed by atoms with E-state index in [4.69, 9.17) is 0 Å². The first-order chi connectivity index (χ1) is 30.9. The molecular weight excluding hydrogens is 913 g/mol. The minimum absolute atomic E-state index is 0.0357. The number of hydrogen-bond acceptors (Lipinski definition) is 12. The lowest BCUT2D eigenvalue weighted by molar-refractivity contribution is -0.136. The number of piperidine rings is 1. The third kappa shape index (κ3) is 9.79. The highest BCUT2D eigenvalue weighted by Gasteiger charge is 2.49. The van der Waals surface area contributed by atoms with Gasteiger partial charge in [-0.3, -0.25) is 29.4 Å². The van der Waals surface area contributed by atoms with Crippen molar-refractivity contribution in [2.75, 3.05) is 30.7 Å². The molecule has 4 heterocycles. The Labute approximate surface area is 377 Å². The van der Waals surface area contributed by atoms with E-state index in [-0.39, 0.29) is 60.5 Å². The summed E-state index contributed by atoms with van der Waals surface area (Å²) in [7, 11) is -10.9. The van der Waals surface area contributed by atoms with Gasteiger partial charge in [0, 0.05) is 83.6 Å². The van der Waals surface area contributed by atoms with E-state index in [0.29, 0.717) is 37.7 Å². The van der Waals surface area contributed by atoms with E-state index in [2.05, 4.69) is 20.4 Å². The highest BCUT2D eigenvalue weighted by atomic mass is 32.2. The highest BCUT2D eigenvalue weighted by molar-refractivity contribution is 7.99. The molecule has 4 amide bonds. The van der Waals surface area contributed by atoms with Crippen molar-refractivity contribution < 1.29 is 53.6 Å². The Hall–Kier alpha value is -5.35. The molecule has 0 aromatic heterocycles. The Morgan fingerprint density at radius 3 is 2.22 bits per heavy atom. The quantitative estimate of drug-likeness (QED) is 0.0795. The number of sulfonamides is 1. The maximum Gasteiger partial charge on any atom is 0.501 e. The van der Waals surface area contributed by atoms with Gasteiger partial charge in [-0.05, 0) is 74.2 Å². The molecule has 14 nitrogen and oxygen atoms in total. The van der Waals surface area contributed by atoms with Crippen molar-refractivity contribution in [2.24, 2.45) is 0 Å². The lowest BCUT2D eigenvalue weighted by Crippen LogP contribution is -2.53. The summed E-state index contributed by atoms with van der Waals surface area (Å²) in [5.41, 5.74) is -5.48. The van der Waals surface area contributed by atoms with Gasteiger partial charge in [-0.25, -0.2) is 25.9 Å². The van der Waals surface area contributed by atoms with Gasteiger partial charge in [0.15, 0.2) is 0 Å². The first-order valence-electron chi connectivity index (χ1n) is 20.8. The Balaban J connectivity index is 0.973. The summed E-state index contributed by atoms with van der Waals surface area (Å²) in [6.07, 6.45) is 2.25. The number of sulfone groups is 1. The van der Waals surface area contributed by atoms with Crippen molar-refractivity contribution in [3.05, 3.63) is 119 Å². The SMILES string of the molecule is O=C1CCC(N2Cc3c(ccc(CN4C5CCC4CN(CC[C@H](CSc4ccccc4)Nc4ccc(S(=O)(=O)NC(=O)c6ccccc6)cc4S(=O)(=O)C(F)(F)F)C5)c3F)C2=O)C(=O)N1. The Bertz CT molecular complexity index is 2720. The van der Waals surface area contributed by atoms with Gasteiger partial charge in [0.25, 0.3) is 31.7 Å². The van der Waals surface area contributed by atoms with Gasteiger partial charge in [0.1, 0.15) is 16.8 Å². The number of thioether (sulfide) groups is 1. The summed E-state index contributed by atoms with van der Waals surface area (Å²) in [5.74, 6) is -2.74. The van der Waals surface area contributed by atoms with Crippen molar-refractivity contribution in [2.45, 2.75) is 89.6 Å². The van der Waals surface area contributed by atoms with Crippen molar-refractivity contribution in [1.29, 1.82) is 0 Å². The van der Waals surface area contributed by atoms with Crippen LogP contribution < -0.4 is 15.4 Å². The van der Waals surface area contributed by atoms with Crippen molar-refractivity contribution in [3.63, 3.8) is 0 Å². The van der Waals surface area contributed by atoms with Gasteiger partial charge < -0.3 is 15.1 Å². The number of anilines is 1. The zero-order valence-corrected chi connectivity index (χ0v) is 37.0. The van der Waals surface area contributed by atoms with Crippen LogP contribution in [0, 0.1) is 5.82 Å². The largest absolute Gasteiger partial charge is 0.501 e. The molecule has 4 aliphatic heterocycles. The molecule has 3 saturated heterocycles. The number of alkyl halides is 3. The third-order valence-electron chi connectivity index (χ3n) is 12.3. The topological polar surface area (TPSA) is 182 Å². The van der Waals surface area contributed by atoms with E-state index in [1.807, 2.05) is 30.3 Å². The van der Waals surface area contributed by atoms with Gasteiger partial charge >= 0.3 is 5.51 Å². The molecule has 4 aliphatic rings. The predicted molar refractivity (Wildman–Crippen MR) is 231 cm³/mol. The van der Waals surface area contributed by atoms with E-state index < -0.39 is 82.4 Å². The minimum atomic E-state index is -6.11. The first-order valence-corrected chi connectivity index (χ1v) is 24.8. The maximum absolute atomic E-state index is 16.2. The van der Waals surface area contributed by atoms with Gasteiger partial charge in [-0.2, -0.15) is 13.2 Å². The zero-order chi connectivity index (χ0) is 46.3. The number of hydrogen-bond donors (Lipinski definition) is 3. The molecule has 0 aliphatic carbocycles. The molecule has 8 rings (SSSR count). The van der Waals surface area contributed by atoms with Crippen LogP contribution in [0.3, 0.4) is 0 Å². The van der Waals surface area contributed by atoms with Crippen LogP contribution >= 0.6 is 11.8 Å². The lowest BCUT2D eigenvalue weighted by Gasteiger charge is -2.41. The number of amides is 4. The molecule has 0 radical (unpaired) electrons. The van der Waals surface area contributed by atoms with E-state index >= 15 is 4.39 Å². The van der Waals surface area contributed by atoms with Crippen LogP contribution in [0.15, 0.2) is 106 Å². The molecule has 3 fully saturated rings. The van der Waals surface area contributed by atoms with Gasteiger partial charge in [0.2, 0.25) is 11.8 Å². The third-order valence-corrected chi connectivity index (χ3v) is 16.3. The number of halogens is 4. The first kappa shape index (κ1) is 46.2. The van der Waals surface area contributed by atoms with Crippen LogP contribution in [0.25, 0.3) is 0 Å². The molecule has 65 heavy (non-hydrogen) atoms. The average molecular weight is 957 g/mol. The number of imide groups is 1. The van der Waals surface area contributed by atoms with Gasteiger partial charge in [0.05, 0.1) is 17.1 Å². The van der Waals surface area contributed by atoms with Crippen LogP contribution in [-0.2, 0) is 42.5 Å². The van der Waals surface area contributed by atoms with Crippen LogP contribution in [0.2, 0.25) is 0 Å². The number of nitrogens with one attached hydrogen (secondary N) is 3. The number of fused-ring (bicyclic) bond motifs is 3. The smallest absolute Gasteiger partial charge is 0.380 e. The highest BCUT2D eigenvalue weighted by Crippen LogP contribution is 2.38. The average Bonchev–Trinajstić information content (AvgIpc) is 3.72. The summed E-state index contributed by atoms with van der Waals surface area (Å²) in [5, 5.41) is 5.24. The molecule has 3 N–H and O–H groups in total. The number of nitrogens with zero attached hydrogens (tertiary/aromatic N) is 3. The number of carbonyl (C=O) groups is 4. The zero-order valence-electron chi connectivity index (χ0n) is 34.6. The van der Waals surface area contributed by atoms with Crippen molar-refractivity contribution in [3.8, 4) is 0 Å². The number of likely N-dealkylation sites (tertiary alicyclic amines) is 1. The van der Waals surface area contributed by atoms with Gasteiger partial charge in [-0.15, -0.1) is 11.8 Å². The Morgan fingerprint density at radius 1 is 0.877 bits per heavy atom. The number of piperazine rings is 1. The number of carbonyl (C=O) groups excluding carboxylic acids is 4. The molecular formula is C44H44F4N6O8S3. The fourth-order valence-electron chi connectivity index (χ4n) is 8.92. The molecule has 2 bridgehead atoms. The minimum Gasteiger partial charge on any atom is -0.380 e. The molecule has 21 heteroatoms. The lowest BCUT2D eigenvalue weighted by atomic mass is 10.0. The molecule has 4 aromatic rings. The second-order valence-electron chi connectivity index (χ2n) is 16.4. The normalized spacial score (nSPS) is 21.0. The molecule has 3 unspecified atom stereocenters. The van der Waals surface area contributed by atoms with Crippen LogP contribution in [0.4, 0.5) is 23.2 Å². The molecule has 0 saturated carbocycles. The van der Waals surface area contributed by atoms with Crippen LogP contribution in [-0.4, -0.2) is 110 Å². The summed E-state index contributed by atoms with van der Waals surface area (Å²) in [6, 6.07) is 20.5. The van der Waals surface area contributed by atoms with E-state index in [1.165, 1.54) is 40.9 Å². The molecule has 344 valence electrons. The van der Waals surface area contributed by atoms with Crippen LogP contribution in [0.5, 0.6) is 0 Å². The van der Waals surface area contributed by atoms with E-state index in [1.54, 1.807) is 22.9 Å². The number of benzene rings is 4. The summed E-state index contributed by atoms with van der Waals surface area (Å²) in [6.45, 7) is 1.85. The Kier molecular flexibility index (Phi) is 13.1. The second-order valence-corrected chi connectivity index (χ2v) is 21.1. The monoisotopic (exact) mass is 956 g/mol. The van der Waals surface area contributed by atoms with Crippen molar-refractivity contribution >= 4 is 60.9 Å². The summed E-state index contributed by atoms with van der Waals surface area (Å²) < 4.78 is 113. The second kappa shape index (κ2) is 18.5. The Morgan fingerprint density at radius 2 is 1.55 bits per heavy atom. The summed E-state index contributed by atoms with van der Waals surface area (Å²) >= 11 is 1.40. The number of rotatable bonds is 15. The maximum atomic E-state index is 16.2. The molecule has 4 atom stereocenters. The van der Waals surface area contributed by atoms with Gasteiger partial charge in [-0.1, -0.05) is 42.5 Å².